The van der Waals surface area contributed by atoms with Crippen LogP contribution in [0.25, 0.3) is 28.0 Å². The van der Waals surface area contributed by atoms with E-state index in [9.17, 15) is 8.42 Å². The minimum atomic E-state index is -3.73. The van der Waals surface area contributed by atoms with Crippen LogP contribution in [0, 0.1) is 0 Å². The summed E-state index contributed by atoms with van der Waals surface area (Å²) in [5.41, 5.74) is 7.63. The Hall–Kier alpha value is -3.67. The van der Waals surface area contributed by atoms with E-state index in [1.54, 1.807) is 12.1 Å². The van der Waals surface area contributed by atoms with Gasteiger partial charge >= 0.3 is 0 Å². The van der Waals surface area contributed by atoms with Crippen LogP contribution in [0.15, 0.2) is 101 Å². The molecule has 0 bridgehead atoms. The number of rotatable bonds is 7. The first-order valence-corrected chi connectivity index (χ1v) is 13.6. The third-order valence-electron chi connectivity index (χ3n) is 6.69. The summed E-state index contributed by atoms with van der Waals surface area (Å²) in [6, 6.07) is 29.2. The fraction of sp³-hybridized carbons (Fsp3) is 0.161. The molecule has 0 aromatic heterocycles. The van der Waals surface area contributed by atoms with Gasteiger partial charge in [0.05, 0.1) is 4.90 Å². The predicted molar refractivity (Wildman–Crippen MR) is 151 cm³/mol. The largest absolute Gasteiger partial charge is 0.309 e. The van der Waals surface area contributed by atoms with Gasteiger partial charge in [0.15, 0.2) is 0 Å². The molecule has 4 aromatic rings. The van der Waals surface area contributed by atoms with E-state index in [1.165, 1.54) is 16.7 Å². The Morgan fingerprint density at radius 2 is 1.53 bits per heavy atom. The van der Waals surface area contributed by atoms with Crippen molar-refractivity contribution in [3.63, 3.8) is 0 Å². The Balaban J connectivity index is 1.52. The van der Waals surface area contributed by atoms with Gasteiger partial charge in [-0.25, -0.2) is 8.42 Å². The third kappa shape index (κ3) is 4.85. The van der Waals surface area contributed by atoms with E-state index in [4.69, 9.17) is 0 Å². The molecule has 182 valence electrons. The standard InChI is InChI=1S/C31H30N2O2S/c1-22-28(17-18-33(2)3)31-21-26(14-16-29(31)30(22)19-23-9-5-4-6-10-23)32-36(34,35)27-15-13-24-11-7-8-12-25(24)20-27/h4-16,19-21,32H,17-18H2,1-3H3/b30-19-. The first-order valence-electron chi connectivity index (χ1n) is 12.1. The predicted octanol–water partition coefficient (Wildman–Crippen LogP) is 6.92. The minimum absolute atomic E-state index is 0.255. The molecular weight excluding hydrogens is 464 g/mol. The molecule has 4 nitrogen and oxygen atoms in total. The lowest BCUT2D eigenvalue weighted by molar-refractivity contribution is 0.419. The lowest BCUT2D eigenvalue weighted by Gasteiger charge is -2.14. The molecule has 1 aliphatic carbocycles. The highest BCUT2D eigenvalue weighted by Gasteiger charge is 2.25. The highest BCUT2D eigenvalue weighted by molar-refractivity contribution is 7.92. The number of nitrogens with zero attached hydrogens (tertiary/aromatic N) is 1. The van der Waals surface area contributed by atoms with Crippen LogP contribution < -0.4 is 4.72 Å². The number of hydrogen-bond acceptors (Lipinski definition) is 3. The Kier molecular flexibility index (Phi) is 6.52. The summed E-state index contributed by atoms with van der Waals surface area (Å²) < 4.78 is 29.4. The van der Waals surface area contributed by atoms with Crippen LogP contribution in [-0.2, 0) is 10.0 Å². The molecule has 4 aromatic carbocycles. The molecule has 1 aliphatic rings. The smallest absolute Gasteiger partial charge is 0.261 e. The quantitative estimate of drug-likeness (QED) is 0.303. The molecule has 1 N–H and O–H groups in total. The average molecular weight is 495 g/mol. The average Bonchev–Trinajstić information content (AvgIpc) is 3.12. The number of fused-ring (bicyclic) bond motifs is 2. The zero-order valence-electron chi connectivity index (χ0n) is 20.8. The number of anilines is 1. The normalized spacial score (nSPS) is 14.6. The molecule has 0 atom stereocenters. The molecule has 0 radical (unpaired) electrons. The number of sulfonamides is 1. The fourth-order valence-corrected chi connectivity index (χ4v) is 5.85. The lowest BCUT2D eigenvalue weighted by Crippen LogP contribution is -2.14. The number of allylic oxidation sites excluding steroid dienone is 2. The number of hydrogen-bond donors (Lipinski definition) is 1. The third-order valence-corrected chi connectivity index (χ3v) is 8.07. The summed E-state index contributed by atoms with van der Waals surface area (Å²) in [7, 11) is 0.410. The van der Waals surface area contributed by atoms with Crippen molar-refractivity contribution in [3.05, 3.63) is 113 Å². The van der Waals surface area contributed by atoms with E-state index in [0.29, 0.717) is 5.69 Å². The SMILES string of the molecule is CC1=C(CCN(C)C)c2cc(NS(=O)(=O)c3ccc4ccccc4c3)ccc2/C1=C\c1ccccc1. The monoisotopic (exact) mass is 494 g/mol. The van der Waals surface area contributed by atoms with Crippen LogP contribution in [0.2, 0.25) is 0 Å². The Labute approximate surface area is 213 Å². The number of nitrogens with one attached hydrogen (secondary N) is 1. The molecule has 0 amide bonds. The fourth-order valence-electron chi connectivity index (χ4n) is 4.77. The van der Waals surface area contributed by atoms with E-state index >= 15 is 0 Å². The second-order valence-corrected chi connectivity index (χ2v) is 11.2. The summed E-state index contributed by atoms with van der Waals surface area (Å²) in [5, 5.41) is 1.91. The van der Waals surface area contributed by atoms with E-state index in [2.05, 4.69) is 48.8 Å². The summed E-state index contributed by atoms with van der Waals surface area (Å²) >= 11 is 0. The molecule has 0 saturated heterocycles. The van der Waals surface area contributed by atoms with E-state index < -0.39 is 10.0 Å². The molecule has 5 heteroatoms. The van der Waals surface area contributed by atoms with Crippen molar-refractivity contribution in [1.82, 2.24) is 4.90 Å². The van der Waals surface area contributed by atoms with Gasteiger partial charge in [0.25, 0.3) is 10.0 Å². The van der Waals surface area contributed by atoms with Gasteiger partial charge in [-0.3, -0.25) is 4.72 Å². The molecule has 0 heterocycles. The maximum atomic E-state index is 13.3. The second kappa shape index (κ2) is 9.76. The van der Waals surface area contributed by atoms with E-state index in [0.717, 1.165) is 40.4 Å². The maximum absolute atomic E-state index is 13.3. The van der Waals surface area contributed by atoms with Crippen molar-refractivity contribution in [2.24, 2.45) is 0 Å². The van der Waals surface area contributed by atoms with Crippen LogP contribution >= 0.6 is 0 Å². The van der Waals surface area contributed by atoms with Gasteiger partial charge in [-0.15, -0.1) is 0 Å². The van der Waals surface area contributed by atoms with Crippen LogP contribution in [0.1, 0.15) is 30.0 Å². The zero-order valence-corrected chi connectivity index (χ0v) is 21.6. The molecule has 0 spiro atoms. The molecule has 0 aliphatic heterocycles. The second-order valence-electron chi connectivity index (χ2n) is 9.50. The molecule has 5 rings (SSSR count). The lowest BCUT2D eigenvalue weighted by atomic mass is 10.00. The zero-order chi connectivity index (χ0) is 25.3. The Bertz CT molecular complexity index is 1600. The van der Waals surface area contributed by atoms with Crippen LogP contribution in [0.4, 0.5) is 5.69 Å². The summed E-state index contributed by atoms with van der Waals surface area (Å²) in [5.74, 6) is 0. The topological polar surface area (TPSA) is 49.4 Å². The van der Waals surface area contributed by atoms with Gasteiger partial charge in [0, 0.05) is 12.2 Å². The van der Waals surface area contributed by atoms with Gasteiger partial charge in [0.1, 0.15) is 0 Å². The van der Waals surface area contributed by atoms with Gasteiger partial charge in [-0.05, 0) is 102 Å². The maximum Gasteiger partial charge on any atom is 0.261 e. The van der Waals surface area contributed by atoms with Crippen molar-refractivity contribution in [3.8, 4) is 0 Å². The molecule has 0 saturated carbocycles. The number of benzene rings is 4. The summed E-state index contributed by atoms with van der Waals surface area (Å²) in [6.07, 6.45) is 3.11. The van der Waals surface area contributed by atoms with E-state index in [-0.39, 0.29) is 4.90 Å². The molecular formula is C31H30N2O2S. The van der Waals surface area contributed by atoms with Crippen molar-refractivity contribution in [1.29, 1.82) is 0 Å². The van der Waals surface area contributed by atoms with Crippen LogP contribution in [-0.4, -0.2) is 34.0 Å². The molecule has 0 unspecified atom stereocenters. The van der Waals surface area contributed by atoms with Gasteiger partial charge < -0.3 is 4.90 Å². The van der Waals surface area contributed by atoms with E-state index in [1.807, 2.05) is 66.7 Å². The van der Waals surface area contributed by atoms with Gasteiger partial charge in [-0.2, -0.15) is 0 Å². The van der Waals surface area contributed by atoms with Gasteiger partial charge in [-0.1, -0.05) is 66.7 Å². The van der Waals surface area contributed by atoms with Crippen LogP contribution in [0.3, 0.4) is 0 Å². The summed E-state index contributed by atoms with van der Waals surface area (Å²) in [4.78, 5) is 2.43. The van der Waals surface area contributed by atoms with Crippen molar-refractivity contribution < 1.29 is 8.42 Å². The molecule has 36 heavy (non-hydrogen) atoms. The van der Waals surface area contributed by atoms with Crippen LogP contribution in [0.5, 0.6) is 0 Å². The van der Waals surface area contributed by atoms with Gasteiger partial charge in [0.2, 0.25) is 0 Å². The first kappa shape index (κ1) is 24.0. The highest BCUT2D eigenvalue weighted by Crippen LogP contribution is 2.44. The highest BCUT2D eigenvalue weighted by atomic mass is 32.2. The molecule has 0 fully saturated rings. The van der Waals surface area contributed by atoms with Crippen molar-refractivity contribution in [2.45, 2.75) is 18.2 Å². The summed E-state index contributed by atoms with van der Waals surface area (Å²) in [6.45, 7) is 3.08. The minimum Gasteiger partial charge on any atom is -0.309 e. The van der Waals surface area contributed by atoms with Crippen molar-refractivity contribution >= 4 is 43.7 Å². The van der Waals surface area contributed by atoms with Crippen molar-refractivity contribution in [2.75, 3.05) is 25.4 Å². The first-order chi connectivity index (χ1) is 17.3. The Morgan fingerprint density at radius 1 is 0.806 bits per heavy atom. The Morgan fingerprint density at radius 3 is 2.28 bits per heavy atom.